The van der Waals surface area contributed by atoms with Gasteiger partial charge in [-0.2, -0.15) is 4.98 Å². The van der Waals surface area contributed by atoms with Crippen LogP contribution in [0.3, 0.4) is 0 Å². The third kappa shape index (κ3) is 3.17. The number of anilines is 1. The van der Waals surface area contributed by atoms with E-state index in [0.29, 0.717) is 32.2 Å². The average molecular weight is 316 g/mol. The molecule has 1 atom stereocenters. The lowest BCUT2D eigenvalue weighted by Crippen LogP contribution is -2.56. The van der Waals surface area contributed by atoms with Crippen LogP contribution in [0.1, 0.15) is 20.8 Å². The maximum absolute atomic E-state index is 12.5. The second-order valence-electron chi connectivity index (χ2n) is 7.12. The number of hydrogen-bond acceptors (Lipinski definition) is 5. The molecule has 2 heterocycles. The molecule has 1 amide bonds. The summed E-state index contributed by atoms with van der Waals surface area (Å²) >= 11 is 0. The molecule has 1 fully saturated rings. The van der Waals surface area contributed by atoms with Gasteiger partial charge < -0.3 is 20.0 Å². The molecule has 0 unspecified atom stereocenters. The Morgan fingerprint density at radius 3 is 2.48 bits per heavy atom. The van der Waals surface area contributed by atoms with Crippen LogP contribution in [0.4, 0.5) is 6.01 Å². The van der Waals surface area contributed by atoms with E-state index in [2.05, 4.69) is 9.88 Å². The molecule has 2 N–H and O–H groups in total. The van der Waals surface area contributed by atoms with Crippen LogP contribution in [0.15, 0.2) is 28.7 Å². The topological polar surface area (TPSA) is 75.6 Å². The van der Waals surface area contributed by atoms with Crippen molar-refractivity contribution in [3.63, 3.8) is 0 Å². The van der Waals surface area contributed by atoms with E-state index in [9.17, 15) is 4.79 Å². The van der Waals surface area contributed by atoms with Crippen molar-refractivity contribution in [1.82, 2.24) is 9.88 Å². The Kier molecular flexibility index (Phi) is 4.02. The lowest BCUT2D eigenvalue weighted by Gasteiger charge is -2.37. The summed E-state index contributed by atoms with van der Waals surface area (Å²) < 4.78 is 5.79. The van der Waals surface area contributed by atoms with Crippen molar-refractivity contribution in [1.29, 1.82) is 0 Å². The molecule has 23 heavy (non-hydrogen) atoms. The molecular formula is C17H24N4O2. The molecule has 0 spiro atoms. The Morgan fingerprint density at radius 1 is 1.22 bits per heavy atom. The van der Waals surface area contributed by atoms with Gasteiger partial charge in [-0.1, -0.05) is 32.9 Å². The molecule has 2 aromatic rings. The summed E-state index contributed by atoms with van der Waals surface area (Å²) in [5.41, 5.74) is 7.50. The lowest BCUT2D eigenvalue weighted by molar-refractivity contribution is -0.135. The van der Waals surface area contributed by atoms with E-state index in [4.69, 9.17) is 10.2 Å². The van der Waals surface area contributed by atoms with Crippen molar-refractivity contribution >= 4 is 23.0 Å². The monoisotopic (exact) mass is 316 g/mol. The number of rotatable bonds is 2. The quantitative estimate of drug-likeness (QED) is 0.915. The molecule has 0 saturated carbocycles. The number of nitrogens with two attached hydrogens (primary N) is 1. The lowest BCUT2D eigenvalue weighted by atomic mass is 9.86. The summed E-state index contributed by atoms with van der Waals surface area (Å²) in [5.74, 6) is 0.0229. The highest BCUT2D eigenvalue weighted by molar-refractivity contribution is 5.82. The molecule has 0 radical (unpaired) electrons. The van der Waals surface area contributed by atoms with Crippen LogP contribution in [0, 0.1) is 5.41 Å². The molecular weight excluding hydrogens is 292 g/mol. The Labute approximate surface area is 136 Å². The van der Waals surface area contributed by atoms with E-state index in [-0.39, 0.29) is 11.3 Å². The molecule has 0 bridgehead atoms. The Morgan fingerprint density at radius 2 is 1.87 bits per heavy atom. The largest absolute Gasteiger partial charge is 0.423 e. The Hall–Kier alpha value is -2.08. The first kappa shape index (κ1) is 15.8. The van der Waals surface area contributed by atoms with Gasteiger partial charge in [-0.05, 0) is 17.5 Å². The van der Waals surface area contributed by atoms with Crippen molar-refractivity contribution in [3.8, 4) is 0 Å². The van der Waals surface area contributed by atoms with Crippen molar-refractivity contribution in [2.45, 2.75) is 26.8 Å². The molecule has 1 aliphatic heterocycles. The minimum Gasteiger partial charge on any atom is -0.423 e. The van der Waals surface area contributed by atoms with E-state index < -0.39 is 6.04 Å². The van der Waals surface area contributed by atoms with Crippen molar-refractivity contribution in [2.75, 3.05) is 31.1 Å². The molecule has 6 heteroatoms. The summed E-state index contributed by atoms with van der Waals surface area (Å²) in [5, 5.41) is 0. The number of carbonyl (C=O) groups excluding carboxylic acids is 1. The number of aromatic nitrogens is 1. The maximum atomic E-state index is 12.5. The minimum absolute atomic E-state index is 0.0229. The zero-order chi connectivity index (χ0) is 16.6. The van der Waals surface area contributed by atoms with Gasteiger partial charge in [0.25, 0.3) is 6.01 Å². The number of nitrogens with zero attached hydrogens (tertiary/aromatic N) is 3. The van der Waals surface area contributed by atoms with Gasteiger partial charge >= 0.3 is 0 Å². The van der Waals surface area contributed by atoms with Crippen LogP contribution in [0.2, 0.25) is 0 Å². The van der Waals surface area contributed by atoms with Crippen LogP contribution in [0.5, 0.6) is 0 Å². The predicted octanol–water partition coefficient (Wildman–Crippen LogP) is 1.85. The molecule has 124 valence electrons. The SMILES string of the molecule is CC(C)(C)[C@H](N)C(=O)N1CCN(c2nc3ccccc3o2)CC1. The van der Waals surface area contributed by atoms with E-state index in [1.54, 1.807) is 0 Å². The molecule has 1 aromatic heterocycles. The zero-order valence-corrected chi connectivity index (χ0v) is 14.0. The number of hydrogen-bond donors (Lipinski definition) is 1. The molecule has 1 aromatic carbocycles. The highest BCUT2D eigenvalue weighted by Crippen LogP contribution is 2.24. The Balaban J connectivity index is 1.65. The first-order chi connectivity index (χ1) is 10.9. The van der Waals surface area contributed by atoms with E-state index in [1.807, 2.05) is 49.9 Å². The normalized spacial score (nSPS) is 17.6. The Bertz CT molecular complexity index is 663. The third-order valence-electron chi connectivity index (χ3n) is 4.34. The van der Waals surface area contributed by atoms with Crippen molar-refractivity contribution in [2.24, 2.45) is 11.1 Å². The number of benzene rings is 1. The number of amides is 1. The number of piperazine rings is 1. The highest BCUT2D eigenvalue weighted by atomic mass is 16.4. The number of oxazole rings is 1. The second kappa shape index (κ2) is 5.85. The fourth-order valence-electron chi connectivity index (χ4n) is 2.68. The number of para-hydroxylation sites is 2. The van der Waals surface area contributed by atoms with Crippen LogP contribution in [-0.2, 0) is 4.79 Å². The van der Waals surface area contributed by atoms with Gasteiger partial charge in [0, 0.05) is 26.2 Å². The standard InChI is InChI=1S/C17H24N4O2/c1-17(2,3)14(18)15(22)20-8-10-21(11-9-20)16-19-12-6-4-5-7-13(12)23-16/h4-7,14H,8-11,18H2,1-3H3/t14-/m1/s1. The van der Waals surface area contributed by atoms with Crippen molar-refractivity contribution < 1.29 is 9.21 Å². The van der Waals surface area contributed by atoms with Crippen LogP contribution in [-0.4, -0.2) is 48.0 Å². The summed E-state index contributed by atoms with van der Waals surface area (Å²) in [6, 6.07) is 7.87. The van der Waals surface area contributed by atoms with Crippen LogP contribution >= 0.6 is 0 Å². The third-order valence-corrected chi connectivity index (χ3v) is 4.34. The summed E-state index contributed by atoms with van der Waals surface area (Å²) in [7, 11) is 0. The highest BCUT2D eigenvalue weighted by Gasteiger charge is 2.33. The molecule has 6 nitrogen and oxygen atoms in total. The van der Waals surface area contributed by atoms with Gasteiger partial charge in [0.1, 0.15) is 5.52 Å². The van der Waals surface area contributed by atoms with Gasteiger partial charge in [-0.3, -0.25) is 4.79 Å². The summed E-state index contributed by atoms with van der Waals surface area (Å²) in [4.78, 5) is 20.9. The van der Waals surface area contributed by atoms with Crippen LogP contribution in [0.25, 0.3) is 11.1 Å². The summed E-state index contributed by atoms with van der Waals surface area (Å²) in [6.45, 7) is 8.66. The van der Waals surface area contributed by atoms with Gasteiger partial charge in [0.15, 0.2) is 5.58 Å². The molecule has 0 aliphatic carbocycles. The summed E-state index contributed by atoms with van der Waals surface area (Å²) in [6.07, 6.45) is 0. The number of carbonyl (C=O) groups is 1. The smallest absolute Gasteiger partial charge is 0.298 e. The van der Waals surface area contributed by atoms with Gasteiger partial charge in [-0.15, -0.1) is 0 Å². The van der Waals surface area contributed by atoms with Gasteiger partial charge in [0.05, 0.1) is 6.04 Å². The van der Waals surface area contributed by atoms with E-state index in [1.165, 1.54) is 0 Å². The minimum atomic E-state index is -0.474. The molecule has 1 aliphatic rings. The number of fused-ring (bicyclic) bond motifs is 1. The van der Waals surface area contributed by atoms with Gasteiger partial charge in [-0.25, -0.2) is 0 Å². The van der Waals surface area contributed by atoms with Crippen LogP contribution < -0.4 is 10.6 Å². The van der Waals surface area contributed by atoms with Gasteiger partial charge in [0.2, 0.25) is 5.91 Å². The molecule has 1 saturated heterocycles. The van der Waals surface area contributed by atoms with Crippen molar-refractivity contribution in [3.05, 3.63) is 24.3 Å². The first-order valence-electron chi connectivity index (χ1n) is 8.01. The zero-order valence-electron chi connectivity index (χ0n) is 14.0. The molecule has 3 rings (SSSR count). The predicted molar refractivity (Wildman–Crippen MR) is 90.2 cm³/mol. The fourth-order valence-corrected chi connectivity index (χ4v) is 2.68. The first-order valence-corrected chi connectivity index (χ1v) is 8.01. The fraction of sp³-hybridized carbons (Fsp3) is 0.529. The maximum Gasteiger partial charge on any atom is 0.298 e. The van der Waals surface area contributed by atoms with E-state index in [0.717, 1.165) is 11.1 Å². The van der Waals surface area contributed by atoms with E-state index >= 15 is 0 Å². The average Bonchev–Trinajstić information content (AvgIpc) is 2.96. The second-order valence-corrected chi connectivity index (χ2v) is 7.12.